The average Bonchev–Trinajstić information content (AvgIpc) is 3.12. The summed E-state index contributed by atoms with van der Waals surface area (Å²) in [4.78, 5) is 14.5. The van der Waals surface area contributed by atoms with Gasteiger partial charge in [-0.25, -0.2) is 8.42 Å². The monoisotopic (exact) mass is 418 g/mol. The van der Waals surface area contributed by atoms with Crippen molar-refractivity contribution in [1.82, 2.24) is 14.7 Å². The molecular formula is C21H30N4O3S. The van der Waals surface area contributed by atoms with Crippen molar-refractivity contribution in [2.45, 2.75) is 46.7 Å². The molecule has 1 amide bonds. The Kier molecular flexibility index (Phi) is 6.14. The van der Waals surface area contributed by atoms with Crippen molar-refractivity contribution in [3.05, 3.63) is 46.3 Å². The number of hydrogen-bond acceptors (Lipinski definition) is 5. The zero-order valence-corrected chi connectivity index (χ0v) is 18.6. The van der Waals surface area contributed by atoms with Crippen LogP contribution in [0.3, 0.4) is 0 Å². The molecule has 1 aliphatic heterocycles. The standard InChI is InChI=1S/C21H30N4O3S/c1-14-7-6-8-15(2)21(14)22-20(26)12-24(5)11-19-16(3)23-25(17(19)4)18-9-10-29(27,28)13-18/h6-8,18H,9-13H2,1-5H3,(H,22,26)/t18-/m1/s1. The summed E-state index contributed by atoms with van der Waals surface area (Å²) < 4.78 is 25.5. The van der Waals surface area contributed by atoms with E-state index >= 15 is 0 Å². The molecule has 1 saturated heterocycles. The number of likely N-dealkylation sites (N-methyl/N-ethyl adjacent to an activating group) is 1. The predicted molar refractivity (Wildman–Crippen MR) is 115 cm³/mol. The first-order chi connectivity index (χ1) is 13.6. The second-order valence-electron chi connectivity index (χ2n) is 8.14. The van der Waals surface area contributed by atoms with Gasteiger partial charge in [0, 0.05) is 23.5 Å². The van der Waals surface area contributed by atoms with Gasteiger partial charge >= 0.3 is 0 Å². The summed E-state index contributed by atoms with van der Waals surface area (Å²) in [5, 5.41) is 7.62. The number of sulfone groups is 1. The number of benzene rings is 1. The summed E-state index contributed by atoms with van der Waals surface area (Å²) in [6, 6.07) is 5.85. The van der Waals surface area contributed by atoms with Crippen molar-refractivity contribution in [3.8, 4) is 0 Å². The molecule has 0 unspecified atom stereocenters. The molecule has 0 saturated carbocycles. The van der Waals surface area contributed by atoms with E-state index in [1.807, 2.05) is 62.5 Å². The molecule has 0 bridgehead atoms. The first-order valence-electron chi connectivity index (χ1n) is 9.87. The van der Waals surface area contributed by atoms with E-state index in [9.17, 15) is 13.2 Å². The highest BCUT2D eigenvalue weighted by Crippen LogP contribution is 2.27. The SMILES string of the molecule is Cc1cccc(C)c1NC(=O)CN(C)Cc1c(C)nn([C@@H]2CCS(=O)(=O)C2)c1C. The molecule has 2 aromatic rings. The van der Waals surface area contributed by atoms with Crippen molar-refractivity contribution in [1.29, 1.82) is 0 Å². The molecule has 1 fully saturated rings. The number of carbonyl (C=O) groups excluding carboxylic acids is 1. The average molecular weight is 419 g/mol. The van der Waals surface area contributed by atoms with Crippen LogP contribution in [0, 0.1) is 27.7 Å². The molecule has 1 aliphatic rings. The van der Waals surface area contributed by atoms with Crippen LogP contribution in [0.25, 0.3) is 0 Å². The molecule has 8 heteroatoms. The van der Waals surface area contributed by atoms with Crippen LogP contribution in [0.2, 0.25) is 0 Å². The lowest BCUT2D eigenvalue weighted by molar-refractivity contribution is -0.117. The second kappa shape index (κ2) is 8.28. The molecular weight excluding hydrogens is 388 g/mol. The Labute approximate surface area is 173 Å². The smallest absolute Gasteiger partial charge is 0.238 e. The fourth-order valence-corrected chi connectivity index (χ4v) is 5.70. The fraction of sp³-hybridized carbons (Fsp3) is 0.524. The quantitative estimate of drug-likeness (QED) is 0.779. The zero-order chi connectivity index (χ0) is 21.3. The highest BCUT2D eigenvalue weighted by Gasteiger charge is 2.31. The van der Waals surface area contributed by atoms with Crippen molar-refractivity contribution >= 4 is 21.4 Å². The van der Waals surface area contributed by atoms with E-state index in [-0.39, 0.29) is 30.0 Å². The number of rotatable bonds is 6. The van der Waals surface area contributed by atoms with E-state index in [1.165, 1.54) is 0 Å². The van der Waals surface area contributed by atoms with E-state index < -0.39 is 9.84 Å². The van der Waals surface area contributed by atoms with Crippen LogP contribution in [-0.2, 0) is 21.2 Å². The lowest BCUT2D eigenvalue weighted by Gasteiger charge is -2.18. The van der Waals surface area contributed by atoms with Crippen molar-refractivity contribution in [2.24, 2.45) is 0 Å². The molecule has 1 N–H and O–H groups in total. The lowest BCUT2D eigenvalue weighted by atomic mass is 10.1. The van der Waals surface area contributed by atoms with Crippen LogP contribution in [0.15, 0.2) is 18.2 Å². The fourth-order valence-electron chi connectivity index (χ4n) is 4.01. The molecule has 29 heavy (non-hydrogen) atoms. The molecule has 7 nitrogen and oxygen atoms in total. The maximum atomic E-state index is 12.5. The first kappa shape index (κ1) is 21.5. The number of aryl methyl sites for hydroxylation is 3. The van der Waals surface area contributed by atoms with E-state index in [1.54, 1.807) is 0 Å². The number of aromatic nitrogens is 2. The normalized spacial score (nSPS) is 18.3. The number of amides is 1. The second-order valence-corrected chi connectivity index (χ2v) is 10.4. The number of para-hydroxylation sites is 1. The lowest BCUT2D eigenvalue weighted by Crippen LogP contribution is -2.30. The van der Waals surface area contributed by atoms with Crippen molar-refractivity contribution in [3.63, 3.8) is 0 Å². The van der Waals surface area contributed by atoms with Gasteiger partial charge < -0.3 is 5.32 Å². The third-order valence-corrected chi connectivity index (χ3v) is 7.37. The topological polar surface area (TPSA) is 84.3 Å². The van der Waals surface area contributed by atoms with Gasteiger partial charge in [0.25, 0.3) is 0 Å². The predicted octanol–water partition coefficient (Wildman–Crippen LogP) is 2.55. The number of hydrogen-bond donors (Lipinski definition) is 1. The van der Waals surface area contributed by atoms with Crippen LogP contribution < -0.4 is 5.32 Å². The maximum Gasteiger partial charge on any atom is 0.238 e. The Bertz CT molecular complexity index is 1010. The van der Waals surface area contributed by atoms with Gasteiger partial charge in [-0.2, -0.15) is 5.10 Å². The molecule has 1 aromatic heterocycles. The Balaban J connectivity index is 1.66. The summed E-state index contributed by atoms with van der Waals surface area (Å²) in [6.45, 7) is 8.72. The third kappa shape index (κ3) is 4.87. The third-order valence-electron chi connectivity index (χ3n) is 5.62. The van der Waals surface area contributed by atoms with E-state index in [0.717, 1.165) is 33.8 Å². The van der Waals surface area contributed by atoms with E-state index in [0.29, 0.717) is 13.0 Å². The van der Waals surface area contributed by atoms with Gasteiger partial charge in [-0.1, -0.05) is 18.2 Å². The van der Waals surface area contributed by atoms with Gasteiger partial charge in [-0.15, -0.1) is 0 Å². The highest BCUT2D eigenvalue weighted by atomic mass is 32.2. The highest BCUT2D eigenvalue weighted by molar-refractivity contribution is 7.91. The largest absolute Gasteiger partial charge is 0.324 e. The summed E-state index contributed by atoms with van der Waals surface area (Å²) >= 11 is 0. The zero-order valence-electron chi connectivity index (χ0n) is 17.8. The number of nitrogens with one attached hydrogen (secondary N) is 1. The summed E-state index contributed by atoms with van der Waals surface area (Å²) in [5.41, 5.74) is 5.87. The van der Waals surface area contributed by atoms with Gasteiger partial charge in [0.15, 0.2) is 9.84 Å². The van der Waals surface area contributed by atoms with Gasteiger partial charge in [0.1, 0.15) is 0 Å². The molecule has 158 valence electrons. The van der Waals surface area contributed by atoms with Gasteiger partial charge in [-0.05, 0) is 52.3 Å². The van der Waals surface area contributed by atoms with Crippen molar-refractivity contribution < 1.29 is 13.2 Å². The van der Waals surface area contributed by atoms with E-state index in [4.69, 9.17) is 0 Å². The molecule has 0 spiro atoms. The minimum absolute atomic E-state index is 0.0607. The number of carbonyl (C=O) groups is 1. The molecule has 0 radical (unpaired) electrons. The Morgan fingerprint density at radius 3 is 2.48 bits per heavy atom. The van der Waals surface area contributed by atoms with Crippen LogP contribution in [0.5, 0.6) is 0 Å². The summed E-state index contributed by atoms with van der Waals surface area (Å²) in [7, 11) is -1.06. The molecule has 1 atom stereocenters. The molecule has 0 aliphatic carbocycles. The van der Waals surface area contributed by atoms with Gasteiger partial charge in [0.2, 0.25) is 5.91 Å². The Hall–Kier alpha value is -2.19. The number of anilines is 1. The van der Waals surface area contributed by atoms with Crippen LogP contribution >= 0.6 is 0 Å². The van der Waals surface area contributed by atoms with Crippen molar-refractivity contribution in [2.75, 3.05) is 30.4 Å². The minimum Gasteiger partial charge on any atom is -0.324 e. The van der Waals surface area contributed by atoms with Crippen LogP contribution in [-0.4, -0.2) is 54.1 Å². The molecule has 2 heterocycles. The minimum atomic E-state index is -2.96. The molecule has 3 rings (SSSR count). The van der Waals surface area contributed by atoms with Gasteiger partial charge in [-0.3, -0.25) is 14.4 Å². The Morgan fingerprint density at radius 1 is 1.24 bits per heavy atom. The summed E-state index contributed by atoms with van der Waals surface area (Å²) in [6.07, 6.45) is 0.609. The Morgan fingerprint density at radius 2 is 1.90 bits per heavy atom. The molecule has 1 aromatic carbocycles. The van der Waals surface area contributed by atoms with Gasteiger partial charge in [0.05, 0.1) is 29.8 Å². The maximum absolute atomic E-state index is 12.5. The van der Waals surface area contributed by atoms with E-state index in [2.05, 4.69) is 10.4 Å². The van der Waals surface area contributed by atoms with Crippen LogP contribution in [0.4, 0.5) is 5.69 Å². The number of nitrogens with zero attached hydrogens (tertiary/aromatic N) is 3. The first-order valence-corrected chi connectivity index (χ1v) is 11.7. The summed E-state index contributed by atoms with van der Waals surface area (Å²) in [5.74, 6) is 0.320. The van der Waals surface area contributed by atoms with Crippen LogP contribution in [0.1, 0.15) is 40.5 Å².